The molecule has 2 N–H and O–H groups in total. The van der Waals surface area contributed by atoms with Crippen LogP contribution < -0.4 is 10.1 Å². The molecule has 4 nitrogen and oxygen atoms in total. The molecule has 2 aromatic heterocycles. The maximum atomic E-state index is 5.38. The van der Waals surface area contributed by atoms with Crippen LogP contribution in [0.5, 0.6) is 5.75 Å². The number of benzene rings is 1. The van der Waals surface area contributed by atoms with Crippen molar-refractivity contribution in [1.29, 1.82) is 0 Å². The van der Waals surface area contributed by atoms with Crippen molar-refractivity contribution in [2.45, 2.75) is 25.4 Å². The molecule has 2 unspecified atom stereocenters. The molecule has 1 aliphatic heterocycles. The third-order valence-corrected chi connectivity index (χ3v) is 4.38. The smallest absolute Gasteiger partial charge is 0.119 e. The van der Waals surface area contributed by atoms with Crippen molar-refractivity contribution < 1.29 is 4.74 Å². The first-order valence-corrected chi connectivity index (χ1v) is 7.61. The van der Waals surface area contributed by atoms with Gasteiger partial charge in [-0.3, -0.25) is 4.98 Å². The number of aromatic nitrogens is 2. The molecule has 0 amide bonds. The van der Waals surface area contributed by atoms with Gasteiger partial charge in [-0.05, 0) is 49.2 Å². The second-order valence-electron chi connectivity index (χ2n) is 5.89. The van der Waals surface area contributed by atoms with E-state index in [0.29, 0.717) is 6.04 Å². The van der Waals surface area contributed by atoms with Gasteiger partial charge in [-0.15, -0.1) is 0 Å². The van der Waals surface area contributed by atoms with Gasteiger partial charge >= 0.3 is 0 Å². The van der Waals surface area contributed by atoms with E-state index in [4.69, 9.17) is 4.74 Å². The first-order chi connectivity index (χ1) is 10.8. The van der Waals surface area contributed by atoms with E-state index < -0.39 is 0 Å². The number of nitrogens with zero attached hydrogens (tertiary/aromatic N) is 1. The molecule has 0 bridgehead atoms. The molecule has 4 rings (SSSR count). The van der Waals surface area contributed by atoms with Crippen LogP contribution in [0.3, 0.4) is 0 Å². The maximum Gasteiger partial charge on any atom is 0.119 e. The average molecular weight is 293 g/mol. The Morgan fingerprint density at radius 2 is 2.14 bits per heavy atom. The zero-order valence-corrected chi connectivity index (χ0v) is 12.8. The molecule has 0 saturated heterocycles. The van der Waals surface area contributed by atoms with E-state index in [9.17, 15) is 0 Å². The minimum Gasteiger partial charge on any atom is -0.497 e. The maximum absolute atomic E-state index is 5.38. The lowest BCUT2D eigenvalue weighted by Crippen LogP contribution is -2.38. The molecule has 0 aliphatic carbocycles. The Balaban J connectivity index is 1.90. The number of nitrogens with one attached hydrogen (secondary N) is 2. The van der Waals surface area contributed by atoms with Crippen molar-refractivity contribution in [2.75, 3.05) is 7.11 Å². The molecule has 0 fully saturated rings. The van der Waals surface area contributed by atoms with Crippen LogP contribution in [-0.2, 0) is 6.42 Å². The zero-order valence-electron chi connectivity index (χ0n) is 12.8. The molecule has 4 heteroatoms. The second kappa shape index (κ2) is 5.14. The number of methoxy groups -OCH3 is 1. The fourth-order valence-electron chi connectivity index (χ4n) is 3.35. The van der Waals surface area contributed by atoms with Crippen LogP contribution in [0.15, 0.2) is 42.6 Å². The number of H-pyrrole nitrogens is 1. The molecule has 0 radical (unpaired) electrons. The van der Waals surface area contributed by atoms with Crippen LogP contribution >= 0.6 is 0 Å². The van der Waals surface area contributed by atoms with Crippen LogP contribution in [0.1, 0.15) is 29.9 Å². The van der Waals surface area contributed by atoms with Crippen molar-refractivity contribution in [3.05, 3.63) is 59.5 Å². The third kappa shape index (κ3) is 2.07. The summed E-state index contributed by atoms with van der Waals surface area (Å²) in [5.74, 6) is 0.898. The summed E-state index contributed by atoms with van der Waals surface area (Å²) in [6.45, 7) is 2.22. The Morgan fingerprint density at radius 1 is 1.23 bits per heavy atom. The molecule has 1 aliphatic rings. The van der Waals surface area contributed by atoms with Crippen molar-refractivity contribution in [1.82, 2.24) is 15.3 Å². The minimum atomic E-state index is 0.110. The van der Waals surface area contributed by atoms with Crippen molar-refractivity contribution in [3.63, 3.8) is 0 Å². The lowest BCUT2D eigenvalue weighted by Gasteiger charge is -2.29. The van der Waals surface area contributed by atoms with Crippen LogP contribution in [0.4, 0.5) is 0 Å². The van der Waals surface area contributed by atoms with E-state index in [-0.39, 0.29) is 6.04 Å². The fourth-order valence-corrected chi connectivity index (χ4v) is 3.35. The lowest BCUT2D eigenvalue weighted by molar-refractivity contribution is 0.415. The van der Waals surface area contributed by atoms with Gasteiger partial charge in [0.15, 0.2) is 0 Å². The van der Waals surface area contributed by atoms with Crippen LogP contribution in [0.2, 0.25) is 0 Å². The van der Waals surface area contributed by atoms with Crippen molar-refractivity contribution >= 4 is 10.9 Å². The largest absolute Gasteiger partial charge is 0.497 e. The van der Waals surface area contributed by atoms with E-state index in [1.54, 1.807) is 7.11 Å². The van der Waals surface area contributed by atoms with Crippen LogP contribution in [0, 0.1) is 0 Å². The number of ether oxygens (including phenoxy) is 1. The van der Waals surface area contributed by atoms with E-state index in [2.05, 4.69) is 40.4 Å². The van der Waals surface area contributed by atoms with Gasteiger partial charge in [-0.25, -0.2) is 0 Å². The molecule has 0 spiro atoms. The summed E-state index contributed by atoms with van der Waals surface area (Å²) in [4.78, 5) is 8.11. The topological polar surface area (TPSA) is 49.9 Å². The molecular formula is C18H19N3O. The highest BCUT2D eigenvalue weighted by atomic mass is 16.5. The summed E-state index contributed by atoms with van der Waals surface area (Å²) in [5, 5.41) is 4.91. The van der Waals surface area contributed by atoms with E-state index in [1.807, 2.05) is 24.4 Å². The van der Waals surface area contributed by atoms with Crippen LogP contribution in [-0.4, -0.2) is 23.1 Å². The Labute approximate surface area is 129 Å². The quantitative estimate of drug-likeness (QED) is 0.763. The summed E-state index contributed by atoms with van der Waals surface area (Å²) in [5.41, 5.74) is 4.80. The molecule has 112 valence electrons. The SMILES string of the molecule is COc1ccc2[nH]c3c(c2c1)CC(C)NC3c1ccccn1. The Kier molecular flexibility index (Phi) is 3.12. The molecular weight excluding hydrogens is 274 g/mol. The molecule has 2 atom stereocenters. The highest BCUT2D eigenvalue weighted by molar-refractivity contribution is 5.86. The van der Waals surface area contributed by atoms with Gasteiger partial charge in [0.2, 0.25) is 0 Å². The monoisotopic (exact) mass is 293 g/mol. The van der Waals surface area contributed by atoms with E-state index in [1.165, 1.54) is 16.6 Å². The van der Waals surface area contributed by atoms with Gasteiger partial charge in [0.25, 0.3) is 0 Å². The Bertz CT molecular complexity index is 810. The molecule has 22 heavy (non-hydrogen) atoms. The van der Waals surface area contributed by atoms with E-state index >= 15 is 0 Å². The number of aromatic amines is 1. The van der Waals surface area contributed by atoms with E-state index in [0.717, 1.165) is 23.4 Å². The van der Waals surface area contributed by atoms with Gasteiger partial charge in [0, 0.05) is 28.8 Å². The highest BCUT2D eigenvalue weighted by Gasteiger charge is 2.29. The molecule has 3 aromatic rings. The number of hydrogen-bond donors (Lipinski definition) is 2. The summed E-state index contributed by atoms with van der Waals surface area (Å²) >= 11 is 0. The molecule has 1 aromatic carbocycles. The normalized spacial score (nSPS) is 20.8. The Hall–Kier alpha value is -2.33. The predicted octanol–water partition coefficient (Wildman–Crippen LogP) is 3.20. The van der Waals surface area contributed by atoms with Crippen LogP contribution in [0.25, 0.3) is 10.9 Å². The number of pyridine rings is 1. The van der Waals surface area contributed by atoms with Crippen molar-refractivity contribution in [3.8, 4) is 5.75 Å². The number of hydrogen-bond acceptors (Lipinski definition) is 3. The summed E-state index contributed by atoms with van der Waals surface area (Å²) < 4.78 is 5.38. The predicted molar refractivity (Wildman–Crippen MR) is 87.2 cm³/mol. The zero-order chi connectivity index (χ0) is 15.1. The lowest BCUT2D eigenvalue weighted by atomic mass is 9.93. The second-order valence-corrected chi connectivity index (χ2v) is 5.89. The third-order valence-electron chi connectivity index (χ3n) is 4.38. The summed E-state index contributed by atoms with van der Waals surface area (Å²) in [6.07, 6.45) is 2.85. The Morgan fingerprint density at radius 3 is 2.91 bits per heavy atom. The fraction of sp³-hybridized carbons (Fsp3) is 0.278. The molecule has 3 heterocycles. The van der Waals surface area contributed by atoms with Crippen molar-refractivity contribution in [2.24, 2.45) is 0 Å². The number of fused-ring (bicyclic) bond motifs is 3. The summed E-state index contributed by atoms with van der Waals surface area (Å²) in [6, 6.07) is 12.8. The van der Waals surface area contributed by atoms with Gasteiger partial charge in [0.1, 0.15) is 5.75 Å². The first-order valence-electron chi connectivity index (χ1n) is 7.61. The van der Waals surface area contributed by atoms with Gasteiger partial charge in [-0.1, -0.05) is 6.07 Å². The number of rotatable bonds is 2. The average Bonchev–Trinajstić information content (AvgIpc) is 2.92. The standard InChI is InChI=1S/C18H19N3O/c1-11-9-14-13-10-12(22-2)6-7-15(13)21-17(14)18(20-11)16-5-3-4-8-19-16/h3-8,10-11,18,20-21H,9H2,1-2H3. The van der Waals surface area contributed by atoms with Gasteiger partial charge in [0.05, 0.1) is 18.8 Å². The molecule has 0 saturated carbocycles. The first kappa shape index (κ1) is 13.3. The highest BCUT2D eigenvalue weighted by Crippen LogP contribution is 2.35. The van der Waals surface area contributed by atoms with Gasteiger partial charge in [-0.2, -0.15) is 0 Å². The van der Waals surface area contributed by atoms with Gasteiger partial charge < -0.3 is 15.0 Å². The minimum absolute atomic E-state index is 0.110. The summed E-state index contributed by atoms with van der Waals surface area (Å²) in [7, 11) is 1.71.